The van der Waals surface area contributed by atoms with Crippen molar-refractivity contribution >= 4 is 0 Å². The topological polar surface area (TPSA) is 51.8 Å². The molecule has 1 aromatic heterocycles. The summed E-state index contributed by atoms with van der Waals surface area (Å²) in [4.78, 5) is 9.25. The minimum Gasteiger partial charge on any atom is -0.324 e. The number of nitrogens with two attached hydrogens (primary N) is 1. The number of hydrogen-bond donors (Lipinski definition) is 1. The van der Waals surface area contributed by atoms with Gasteiger partial charge in [0.1, 0.15) is 5.82 Å². The summed E-state index contributed by atoms with van der Waals surface area (Å²) < 4.78 is 0. The molecule has 3 nitrogen and oxygen atoms in total. The van der Waals surface area contributed by atoms with Gasteiger partial charge in [0.15, 0.2) is 0 Å². The molecular weight excluding hydrogens is 234 g/mol. The van der Waals surface area contributed by atoms with Gasteiger partial charge in [-0.3, -0.25) is 0 Å². The predicted octanol–water partition coefficient (Wildman–Crippen LogP) is 2.71. The SMILES string of the molecule is Cc1cc(C23CC4CC(CC(C4)C2)C3)nc(CN)n1. The van der Waals surface area contributed by atoms with Crippen LogP contribution in [0.2, 0.25) is 0 Å². The third kappa shape index (κ3) is 1.82. The number of rotatable bonds is 2. The first-order valence-electron chi connectivity index (χ1n) is 7.72. The van der Waals surface area contributed by atoms with Crippen molar-refractivity contribution in [3.63, 3.8) is 0 Å². The van der Waals surface area contributed by atoms with Crippen LogP contribution in [0.4, 0.5) is 0 Å². The monoisotopic (exact) mass is 257 g/mol. The molecule has 2 N–H and O–H groups in total. The molecule has 0 aromatic carbocycles. The van der Waals surface area contributed by atoms with E-state index in [0.29, 0.717) is 12.0 Å². The van der Waals surface area contributed by atoms with Gasteiger partial charge in [-0.05, 0) is 69.3 Å². The Morgan fingerprint density at radius 3 is 2.21 bits per heavy atom. The van der Waals surface area contributed by atoms with Crippen LogP contribution in [0, 0.1) is 24.7 Å². The fourth-order valence-corrected chi connectivity index (χ4v) is 5.42. The van der Waals surface area contributed by atoms with E-state index in [4.69, 9.17) is 10.7 Å². The fourth-order valence-electron chi connectivity index (χ4n) is 5.42. The highest BCUT2D eigenvalue weighted by atomic mass is 14.9. The zero-order chi connectivity index (χ0) is 13.0. The Bertz CT molecular complexity index is 473. The van der Waals surface area contributed by atoms with E-state index in [2.05, 4.69) is 18.0 Å². The van der Waals surface area contributed by atoms with Crippen molar-refractivity contribution in [2.45, 2.75) is 57.4 Å². The van der Waals surface area contributed by atoms with Crippen molar-refractivity contribution in [1.82, 2.24) is 9.97 Å². The Morgan fingerprint density at radius 2 is 1.68 bits per heavy atom. The Morgan fingerprint density at radius 1 is 1.11 bits per heavy atom. The van der Waals surface area contributed by atoms with Crippen LogP contribution < -0.4 is 5.73 Å². The van der Waals surface area contributed by atoms with Crippen LogP contribution >= 0.6 is 0 Å². The van der Waals surface area contributed by atoms with E-state index in [0.717, 1.165) is 29.3 Å². The molecule has 102 valence electrons. The highest BCUT2D eigenvalue weighted by Gasteiger charge is 2.52. The first-order valence-corrected chi connectivity index (χ1v) is 7.72. The van der Waals surface area contributed by atoms with Gasteiger partial charge in [0.25, 0.3) is 0 Å². The maximum atomic E-state index is 5.75. The molecule has 0 radical (unpaired) electrons. The Kier molecular flexibility index (Phi) is 2.50. The van der Waals surface area contributed by atoms with E-state index in [-0.39, 0.29) is 0 Å². The van der Waals surface area contributed by atoms with Crippen molar-refractivity contribution < 1.29 is 0 Å². The molecule has 1 heterocycles. The average molecular weight is 257 g/mol. The molecule has 19 heavy (non-hydrogen) atoms. The summed E-state index contributed by atoms with van der Waals surface area (Å²) in [5.41, 5.74) is 8.51. The lowest BCUT2D eigenvalue weighted by Crippen LogP contribution is -2.49. The van der Waals surface area contributed by atoms with Gasteiger partial charge in [0.05, 0.1) is 12.2 Å². The Labute approximate surface area is 115 Å². The minimum atomic E-state index is 0.367. The van der Waals surface area contributed by atoms with Crippen LogP contribution in [-0.2, 0) is 12.0 Å². The van der Waals surface area contributed by atoms with Gasteiger partial charge < -0.3 is 5.73 Å². The van der Waals surface area contributed by atoms with Gasteiger partial charge in [-0.15, -0.1) is 0 Å². The second kappa shape index (κ2) is 4.02. The second-order valence-corrected chi connectivity index (χ2v) is 7.21. The van der Waals surface area contributed by atoms with Crippen molar-refractivity contribution in [1.29, 1.82) is 0 Å². The van der Waals surface area contributed by atoms with Crippen LogP contribution in [0.3, 0.4) is 0 Å². The molecule has 0 amide bonds. The molecular formula is C16H23N3. The summed E-state index contributed by atoms with van der Waals surface area (Å²) in [6, 6.07) is 2.23. The lowest BCUT2D eigenvalue weighted by Gasteiger charge is -2.56. The van der Waals surface area contributed by atoms with Crippen molar-refractivity contribution in [2.75, 3.05) is 0 Å². The van der Waals surface area contributed by atoms with Crippen molar-refractivity contribution in [3.05, 3.63) is 23.3 Å². The second-order valence-electron chi connectivity index (χ2n) is 7.21. The highest BCUT2D eigenvalue weighted by Crippen LogP contribution is 2.60. The standard InChI is InChI=1S/C16H23N3/c1-10-2-14(19-15(9-17)18-10)16-6-11-3-12(7-16)5-13(4-11)8-16/h2,11-13H,3-9,17H2,1H3. The molecule has 0 saturated heterocycles. The molecule has 0 atom stereocenters. The van der Waals surface area contributed by atoms with E-state index < -0.39 is 0 Å². The van der Waals surface area contributed by atoms with E-state index >= 15 is 0 Å². The van der Waals surface area contributed by atoms with Gasteiger partial charge in [0, 0.05) is 11.1 Å². The minimum absolute atomic E-state index is 0.367. The summed E-state index contributed by atoms with van der Waals surface area (Å²) in [7, 11) is 0. The molecule has 4 aliphatic rings. The zero-order valence-electron chi connectivity index (χ0n) is 11.7. The number of nitrogens with zero attached hydrogens (tertiary/aromatic N) is 2. The lowest BCUT2D eigenvalue weighted by atomic mass is 9.49. The zero-order valence-corrected chi connectivity index (χ0v) is 11.7. The number of hydrogen-bond acceptors (Lipinski definition) is 3. The maximum Gasteiger partial charge on any atom is 0.142 e. The Balaban J connectivity index is 1.77. The van der Waals surface area contributed by atoms with Gasteiger partial charge >= 0.3 is 0 Å². The van der Waals surface area contributed by atoms with Crippen molar-refractivity contribution in [3.8, 4) is 0 Å². The normalized spacial score (nSPS) is 39.8. The number of aromatic nitrogens is 2. The molecule has 4 bridgehead atoms. The molecule has 0 aliphatic heterocycles. The molecule has 1 aromatic rings. The molecule has 4 aliphatic carbocycles. The van der Waals surface area contributed by atoms with Crippen LogP contribution in [0.15, 0.2) is 6.07 Å². The van der Waals surface area contributed by atoms with E-state index in [1.807, 2.05) is 0 Å². The highest BCUT2D eigenvalue weighted by molar-refractivity contribution is 5.25. The Hall–Kier alpha value is -0.960. The molecule has 4 saturated carbocycles. The first-order chi connectivity index (χ1) is 9.17. The van der Waals surface area contributed by atoms with Crippen molar-refractivity contribution in [2.24, 2.45) is 23.5 Å². The first kappa shape index (κ1) is 11.8. The predicted molar refractivity (Wildman–Crippen MR) is 74.5 cm³/mol. The quantitative estimate of drug-likeness (QED) is 0.886. The fraction of sp³-hybridized carbons (Fsp3) is 0.750. The molecule has 5 rings (SSSR count). The van der Waals surface area contributed by atoms with Crippen LogP contribution in [0.1, 0.15) is 55.7 Å². The van der Waals surface area contributed by atoms with Crippen LogP contribution in [-0.4, -0.2) is 9.97 Å². The van der Waals surface area contributed by atoms with Gasteiger partial charge in [-0.1, -0.05) is 0 Å². The molecule has 0 spiro atoms. The lowest BCUT2D eigenvalue weighted by molar-refractivity contribution is -0.00739. The van der Waals surface area contributed by atoms with Crippen LogP contribution in [0.5, 0.6) is 0 Å². The van der Waals surface area contributed by atoms with E-state index in [1.54, 1.807) is 0 Å². The summed E-state index contributed by atoms with van der Waals surface area (Å²) in [5, 5.41) is 0. The molecule has 0 unspecified atom stereocenters. The average Bonchev–Trinajstić information content (AvgIpc) is 2.36. The summed E-state index contributed by atoms with van der Waals surface area (Å²) >= 11 is 0. The largest absolute Gasteiger partial charge is 0.324 e. The van der Waals surface area contributed by atoms with E-state index in [1.165, 1.54) is 44.2 Å². The maximum absolute atomic E-state index is 5.75. The van der Waals surface area contributed by atoms with E-state index in [9.17, 15) is 0 Å². The summed E-state index contributed by atoms with van der Waals surface area (Å²) in [5.74, 6) is 3.71. The number of aryl methyl sites for hydroxylation is 1. The molecule has 4 fully saturated rings. The summed E-state index contributed by atoms with van der Waals surface area (Å²) in [6.45, 7) is 2.53. The van der Waals surface area contributed by atoms with Crippen LogP contribution in [0.25, 0.3) is 0 Å². The third-order valence-corrected chi connectivity index (χ3v) is 5.66. The summed E-state index contributed by atoms with van der Waals surface area (Å²) in [6.07, 6.45) is 8.52. The molecule has 3 heteroatoms. The smallest absolute Gasteiger partial charge is 0.142 e. The van der Waals surface area contributed by atoms with Gasteiger partial charge in [0.2, 0.25) is 0 Å². The van der Waals surface area contributed by atoms with Gasteiger partial charge in [-0.25, -0.2) is 9.97 Å². The third-order valence-electron chi connectivity index (χ3n) is 5.66. The van der Waals surface area contributed by atoms with Gasteiger partial charge in [-0.2, -0.15) is 0 Å².